The molecule has 0 radical (unpaired) electrons. The van der Waals surface area contributed by atoms with E-state index in [-0.39, 0.29) is 5.91 Å². The molecule has 1 atom stereocenters. The molecule has 0 aromatic heterocycles. The molecular weight excluding hydrogens is 296 g/mol. The van der Waals surface area contributed by atoms with Crippen molar-refractivity contribution in [1.82, 2.24) is 5.32 Å². The van der Waals surface area contributed by atoms with E-state index in [0.29, 0.717) is 0 Å². The van der Waals surface area contributed by atoms with Gasteiger partial charge in [0.15, 0.2) is 0 Å². The van der Waals surface area contributed by atoms with Crippen molar-refractivity contribution in [3.63, 3.8) is 0 Å². The van der Waals surface area contributed by atoms with Crippen molar-refractivity contribution in [1.29, 1.82) is 0 Å². The summed E-state index contributed by atoms with van der Waals surface area (Å²) >= 11 is 3.45. The van der Waals surface area contributed by atoms with Crippen LogP contribution in [0.15, 0.2) is 22.7 Å². The highest BCUT2D eigenvalue weighted by Gasteiger charge is 2.34. The van der Waals surface area contributed by atoms with Gasteiger partial charge in [-0.1, -0.05) is 19.9 Å². The molecule has 0 saturated carbocycles. The molecule has 3 N–H and O–H groups in total. The molecule has 4 nitrogen and oxygen atoms in total. The van der Waals surface area contributed by atoms with E-state index in [1.54, 1.807) is 14.2 Å². The number of nitrogens with two attached hydrogens (primary N) is 1. The molecule has 100 valence electrons. The minimum Gasteiger partial charge on any atom is -0.496 e. The smallest absolute Gasteiger partial charge is 0.235 e. The summed E-state index contributed by atoms with van der Waals surface area (Å²) in [4.78, 5) is 11.5. The maximum atomic E-state index is 11.5. The van der Waals surface area contributed by atoms with E-state index < -0.39 is 11.5 Å². The highest BCUT2D eigenvalue weighted by molar-refractivity contribution is 9.10. The molecule has 0 aliphatic carbocycles. The van der Waals surface area contributed by atoms with E-state index in [1.165, 1.54) is 0 Å². The summed E-state index contributed by atoms with van der Waals surface area (Å²) in [7, 11) is 3.35. The molecule has 18 heavy (non-hydrogen) atoms. The van der Waals surface area contributed by atoms with E-state index in [2.05, 4.69) is 21.2 Å². The van der Waals surface area contributed by atoms with Gasteiger partial charge in [-0.05, 0) is 40.7 Å². The molecule has 0 aliphatic heterocycles. The zero-order chi connectivity index (χ0) is 13.9. The number of hydrogen-bond donors (Lipinski definition) is 2. The zero-order valence-electron chi connectivity index (χ0n) is 11.1. The lowest BCUT2D eigenvalue weighted by Gasteiger charge is -2.32. The van der Waals surface area contributed by atoms with Crippen LogP contribution in [0.2, 0.25) is 0 Å². The third kappa shape index (κ3) is 2.84. The minimum atomic E-state index is -0.433. The Morgan fingerprint density at radius 3 is 2.50 bits per heavy atom. The van der Waals surface area contributed by atoms with E-state index in [4.69, 9.17) is 10.5 Å². The average Bonchev–Trinajstić information content (AvgIpc) is 2.28. The van der Waals surface area contributed by atoms with Crippen LogP contribution >= 0.6 is 15.9 Å². The maximum Gasteiger partial charge on any atom is 0.235 e. The van der Waals surface area contributed by atoms with Crippen LogP contribution in [0.1, 0.15) is 19.4 Å². The first-order valence-electron chi connectivity index (χ1n) is 5.65. The molecular formula is C13H19BrN2O2. The van der Waals surface area contributed by atoms with Gasteiger partial charge in [0, 0.05) is 5.41 Å². The van der Waals surface area contributed by atoms with Gasteiger partial charge < -0.3 is 15.8 Å². The van der Waals surface area contributed by atoms with Crippen LogP contribution in [0.4, 0.5) is 0 Å². The first-order chi connectivity index (χ1) is 8.34. The third-order valence-electron chi connectivity index (χ3n) is 3.19. The number of likely N-dealkylation sites (N-methyl/N-ethyl adjacent to an activating group) is 1. The van der Waals surface area contributed by atoms with E-state index in [0.717, 1.165) is 15.8 Å². The second kappa shape index (κ2) is 5.71. The number of ether oxygens (including phenoxy) is 1. The topological polar surface area (TPSA) is 64.3 Å². The van der Waals surface area contributed by atoms with Crippen molar-refractivity contribution < 1.29 is 9.53 Å². The van der Waals surface area contributed by atoms with Crippen LogP contribution in [0, 0.1) is 0 Å². The fraction of sp³-hybridized carbons (Fsp3) is 0.462. The van der Waals surface area contributed by atoms with Gasteiger partial charge in [0.05, 0.1) is 17.6 Å². The van der Waals surface area contributed by atoms with Gasteiger partial charge in [-0.25, -0.2) is 0 Å². The Balaban J connectivity index is 3.19. The molecule has 1 amide bonds. The summed E-state index contributed by atoms with van der Waals surface area (Å²) in [5.41, 5.74) is 6.03. The van der Waals surface area contributed by atoms with Crippen molar-refractivity contribution in [2.24, 2.45) is 5.73 Å². The summed E-state index contributed by atoms with van der Waals surface area (Å²) < 4.78 is 6.05. The second-order valence-corrected chi connectivity index (χ2v) is 5.55. The minimum absolute atomic E-state index is 0.366. The lowest BCUT2D eigenvalue weighted by atomic mass is 9.77. The number of primary amides is 1. The Kier molecular flexibility index (Phi) is 4.76. The summed E-state index contributed by atoms with van der Waals surface area (Å²) in [5, 5.41) is 2.97. The molecule has 1 unspecified atom stereocenters. The number of carbonyl (C=O) groups excluding carboxylic acids is 1. The third-order valence-corrected chi connectivity index (χ3v) is 3.81. The Morgan fingerprint density at radius 1 is 1.50 bits per heavy atom. The SMILES string of the molecule is CNC(C(N)=O)C(C)(C)c1ccc(OC)c(Br)c1. The highest BCUT2D eigenvalue weighted by Crippen LogP contribution is 2.33. The number of amides is 1. The van der Waals surface area contributed by atoms with E-state index >= 15 is 0 Å². The number of methoxy groups -OCH3 is 1. The Bertz CT molecular complexity index is 447. The zero-order valence-corrected chi connectivity index (χ0v) is 12.7. The average molecular weight is 315 g/mol. The Hall–Kier alpha value is -1.07. The van der Waals surface area contributed by atoms with Crippen molar-refractivity contribution in [3.05, 3.63) is 28.2 Å². The monoisotopic (exact) mass is 314 g/mol. The molecule has 1 aromatic carbocycles. The van der Waals surface area contributed by atoms with Crippen molar-refractivity contribution in [3.8, 4) is 5.75 Å². The fourth-order valence-electron chi connectivity index (χ4n) is 2.09. The molecule has 0 bridgehead atoms. The lowest BCUT2D eigenvalue weighted by Crippen LogP contribution is -2.51. The number of benzene rings is 1. The molecule has 0 fully saturated rings. The Morgan fingerprint density at radius 2 is 2.11 bits per heavy atom. The van der Waals surface area contributed by atoms with Crippen molar-refractivity contribution in [2.75, 3.05) is 14.2 Å². The summed E-state index contributed by atoms with van der Waals surface area (Å²) in [5.74, 6) is 0.393. The van der Waals surface area contributed by atoms with E-state index in [1.807, 2.05) is 32.0 Å². The molecule has 5 heteroatoms. The number of nitrogens with one attached hydrogen (secondary N) is 1. The van der Waals surface area contributed by atoms with Crippen LogP contribution in [0.5, 0.6) is 5.75 Å². The molecule has 1 rings (SSSR count). The largest absolute Gasteiger partial charge is 0.496 e. The fourth-order valence-corrected chi connectivity index (χ4v) is 2.63. The summed E-state index contributed by atoms with van der Waals surface area (Å²) in [6.07, 6.45) is 0. The standard InChI is InChI=1S/C13H19BrN2O2/c1-13(2,11(16-3)12(15)17)8-5-6-10(18-4)9(14)7-8/h5-7,11,16H,1-4H3,(H2,15,17). The van der Waals surface area contributed by atoms with Crippen molar-refractivity contribution in [2.45, 2.75) is 25.3 Å². The van der Waals surface area contributed by atoms with Gasteiger partial charge in [0.2, 0.25) is 5.91 Å². The number of carbonyl (C=O) groups is 1. The van der Waals surface area contributed by atoms with Crippen LogP contribution in [-0.2, 0) is 10.2 Å². The first kappa shape index (κ1) is 15.0. The predicted octanol–water partition coefficient (Wildman–Crippen LogP) is 1.81. The number of rotatable bonds is 5. The van der Waals surface area contributed by atoms with E-state index in [9.17, 15) is 4.79 Å². The molecule has 0 heterocycles. The molecule has 0 aliphatic rings. The second-order valence-electron chi connectivity index (χ2n) is 4.70. The van der Waals surface area contributed by atoms with Crippen LogP contribution in [-0.4, -0.2) is 26.1 Å². The van der Waals surface area contributed by atoms with Crippen LogP contribution in [0.3, 0.4) is 0 Å². The van der Waals surface area contributed by atoms with Gasteiger partial charge in [0.1, 0.15) is 5.75 Å². The van der Waals surface area contributed by atoms with Crippen molar-refractivity contribution >= 4 is 21.8 Å². The Labute approximate surface area is 116 Å². The van der Waals surface area contributed by atoms with Crippen LogP contribution < -0.4 is 15.8 Å². The quantitative estimate of drug-likeness (QED) is 0.871. The van der Waals surface area contributed by atoms with Gasteiger partial charge in [0.25, 0.3) is 0 Å². The maximum absolute atomic E-state index is 11.5. The van der Waals surface area contributed by atoms with Gasteiger partial charge >= 0.3 is 0 Å². The normalized spacial score (nSPS) is 13.2. The molecule has 1 aromatic rings. The molecule has 0 spiro atoms. The summed E-state index contributed by atoms with van der Waals surface area (Å²) in [6, 6.07) is 5.33. The molecule has 0 saturated heterocycles. The lowest BCUT2D eigenvalue weighted by molar-refractivity contribution is -0.121. The first-order valence-corrected chi connectivity index (χ1v) is 6.44. The van der Waals surface area contributed by atoms with Crippen LogP contribution in [0.25, 0.3) is 0 Å². The highest BCUT2D eigenvalue weighted by atomic mass is 79.9. The van der Waals surface area contributed by atoms with Gasteiger partial charge in [-0.3, -0.25) is 4.79 Å². The summed E-state index contributed by atoms with van der Waals surface area (Å²) in [6.45, 7) is 3.96. The number of hydrogen-bond acceptors (Lipinski definition) is 3. The van der Waals surface area contributed by atoms with Gasteiger partial charge in [-0.2, -0.15) is 0 Å². The predicted molar refractivity (Wildman–Crippen MR) is 75.8 cm³/mol. The number of halogens is 1. The van der Waals surface area contributed by atoms with Gasteiger partial charge in [-0.15, -0.1) is 0 Å².